The molecule has 2 nitrogen and oxygen atoms in total. The first-order chi connectivity index (χ1) is 9.68. The minimum atomic E-state index is -4.60. The van der Waals surface area contributed by atoms with Crippen LogP contribution in [0.1, 0.15) is 20.8 Å². The van der Waals surface area contributed by atoms with Crippen LogP contribution in [0.2, 0.25) is 0 Å². The predicted octanol–water partition coefficient (Wildman–Crippen LogP) is 5.23. The van der Waals surface area contributed by atoms with Gasteiger partial charge in [-0.3, -0.25) is 4.79 Å². The lowest BCUT2D eigenvalue weighted by atomic mass is 10.2. The van der Waals surface area contributed by atoms with Crippen LogP contribution in [-0.4, -0.2) is 5.91 Å². The number of halogens is 5. The number of benzene rings is 1. The van der Waals surface area contributed by atoms with Gasteiger partial charge in [0.15, 0.2) is 0 Å². The number of alkyl halides is 3. The minimum absolute atomic E-state index is 0.274. The van der Waals surface area contributed by atoms with Crippen LogP contribution < -0.4 is 5.32 Å². The van der Waals surface area contributed by atoms with Gasteiger partial charge in [-0.25, -0.2) is 4.39 Å². The van der Waals surface area contributed by atoms with Crippen molar-refractivity contribution in [2.24, 2.45) is 0 Å². The average molecular weight is 382 g/mol. The molecule has 0 aliphatic heterocycles. The van der Waals surface area contributed by atoms with Gasteiger partial charge in [0.2, 0.25) is 0 Å². The Morgan fingerprint density at radius 1 is 1.29 bits per heavy atom. The second-order valence-corrected chi connectivity index (χ2v) is 6.58. The summed E-state index contributed by atoms with van der Waals surface area (Å²) in [6, 6.07) is 3.43. The summed E-state index contributed by atoms with van der Waals surface area (Å²) in [5.74, 6) is -1.59. The third-order valence-corrected chi connectivity index (χ3v) is 4.76. The van der Waals surface area contributed by atoms with Gasteiger partial charge in [0, 0.05) is 0 Å². The van der Waals surface area contributed by atoms with Gasteiger partial charge in [0.1, 0.15) is 5.82 Å². The maximum atomic E-state index is 13.5. The highest BCUT2D eigenvalue weighted by molar-refractivity contribution is 9.11. The number of anilines is 1. The molecule has 0 unspecified atom stereocenters. The van der Waals surface area contributed by atoms with Gasteiger partial charge in [-0.1, -0.05) is 0 Å². The van der Waals surface area contributed by atoms with Crippen LogP contribution >= 0.6 is 27.3 Å². The third-order valence-electron chi connectivity index (χ3n) is 2.62. The third kappa shape index (κ3) is 3.62. The van der Waals surface area contributed by atoms with Crippen LogP contribution in [-0.2, 0) is 6.18 Å². The highest BCUT2D eigenvalue weighted by atomic mass is 79.9. The van der Waals surface area contributed by atoms with Gasteiger partial charge >= 0.3 is 6.18 Å². The van der Waals surface area contributed by atoms with Gasteiger partial charge in [-0.05, 0) is 52.7 Å². The number of carbonyl (C=O) groups excluding carboxylic acids is 1. The second kappa shape index (κ2) is 5.76. The average Bonchev–Trinajstić information content (AvgIpc) is 2.71. The smallest absolute Gasteiger partial charge is 0.319 e. The highest BCUT2D eigenvalue weighted by Gasteiger charge is 2.31. The second-order valence-electron chi connectivity index (χ2n) is 4.21. The lowest BCUT2D eigenvalue weighted by Crippen LogP contribution is -2.13. The van der Waals surface area contributed by atoms with Crippen molar-refractivity contribution in [1.29, 1.82) is 0 Å². The molecule has 1 amide bonds. The number of carbonyl (C=O) groups is 1. The van der Waals surface area contributed by atoms with Crippen LogP contribution in [0.5, 0.6) is 0 Å². The molecule has 1 aromatic carbocycles. The molecule has 0 radical (unpaired) electrons. The zero-order chi connectivity index (χ0) is 15.8. The number of rotatable bonds is 2. The standard InChI is InChI=1S/C13H8BrF4NOS/c1-6-4-10(21-11(6)14)12(20)19-9-5-7(13(16,17)18)2-3-8(9)15/h2-5H,1H3,(H,19,20). The Morgan fingerprint density at radius 3 is 2.48 bits per heavy atom. The maximum absolute atomic E-state index is 13.5. The van der Waals surface area contributed by atoms with E-state index in [1.165, 1.54) is 0 Å². The summed E-state index contributed by atoms with van der Waals surface area (Å²) in [6.45, 7) is 1.77. The summed E-state index contributed by atoms with van der Waals surface area (Å²) >= 11 is 4.35. The summed E-state index contributed by atoms with van der Waals surface area (Å²) in [5.41, 5.74) is -0.714. The molecular formula is C13H8BrF4NOS. The van der Waals surface area contributed by atoms with Gasteiger partial charge < -0.3 is 5.32 Å². The van der Waals surface area contributed by atoms with Crippen molar-refractivity contribution in [2.75, 3.05) is 5.32 Å². The number of amides is 1. The zero-order valence-corrected chi connectivity index (χ0v) is 12.9. The Morgan fingerprint density at radius 2 is 1.95 bits per heavy atom. The van der Waals surface area contributed by atoms with E-state index < -0.39 is 29.2 Å². The summed E-state index contributed by atoms with van der Waals surface area (Å²) in [4.78, 5) is 12.2. The van der Waals surface area contributed by atoms with Gasteiger partial charge in [-0.2, -0.15) is 13.2 Å². The van der Waals surface area contributed by atoms with E-state index in [0.717, 1.165) is 20.7 Å². The molecule has 0 saturated heterocycles. The fourth-order valence-electron chi connectivity index (χ4n) is 1.55. The van der Waals surface area contributed by atoms with Crippen molar-refractivity contribution >= 4 is 38.9 Å². The molecule has 1 N–H and O–H groups in total. The van der Waals surface area contributed by atoms with E-state index in [1.807, 2.05) is 0 Å². The molecule has 0 aliphatic rings. The minimum Gasteiger partial charge on any atom is -0.319 e. The van der Waals surface area contributed by atoms with Crippen LogP contribution in [0, 0.1) is 12.7 Å². The van der Waals surface area contributed by atoms with Crippen LogP contribution in [0.4, 0.5) is 23.2 Å². The normalized spacial score (nSPS) is 11.5. The summed E-state index contributed by atoms with van der Waals surface area (Å²) < 4.78 is 52.0. The molecule has 0 fully saturated rings. The number of thiophene rings is 1. The van der Waals surface area contributed by atoms with E-state index in [2.05, 4.69) is 21.2 Å². The first kappa shape index (κ1) is 16.0. The van der Waals surface area contributed by atoms with E-state index in [9.17, 15) is 22.4 Å². The first-order valence-corrected chi connectivity index (χ1v) is 7.23. The van der Waals surface area contributed by atoms with Crippen LogP contribution in [0.15, 0.2) is 28.1 Å². The van der Waals surface area contributed by atoms with Crippen molar-refractivity contribution in [2.45, 2.75) is 13.1 Å². The van der Waals surface area contributed by atoms with Gasteiger partial charge in [0.25, 0.3) is 5.91 Å². The Labute approximate surface area is 129 Å². The van der Waals surface area contributed by atoms with Crippen molar-refractivity contribution in [1.82, 2.24) is 0 Å². The molecule has 8 heteroatoms. The lowest BCUT2D eigenvalue weighted by molar-refractivity contribution is -0.137. The molecule has 0 spiro atoms. The molecule has 0 atom stereocenters. The quantitative estimate of drug-likeness (QED) is 0.709. The number of aryl methyl sites for hydroxylation is 1. The fourth-order valence-corrected chi connectivity index (χ4v) is 2.98. The van der Waals surface area contributed by atoms with E-state index in [4.69, 9.17) is 0 Å². The van der Waals surface area contributed by atoms with Crippen LogP contribution in [0.3, 0.4) is 0 Å². The van der Waals surface area contributed by atoms with E-state index in [1.54, 1.807) is 13.0 Å². The van der Waals surface area contributed by atoms with E-state index in [0.29, 0.717) is 18.2 Å². The SMILES string of the molecule is Cc1cc(C(=O)Nc2cc(C(F)(F)F)ccc2F)sc1Br. The van der Waals surface area contributed by atoms with Crippen molar-refractivity contribution < 1.29 is 22.4 Å². The Bertz CT molecular complexity index is 676. The molecule has 0 saturated carbocycles. The van der Waals surface area contributed by atoms with Crippen molar-refractivity contribution in [3.8, 4) is 0 Å². The zero-order valence-electron chi connectivity index (χ0n) is 10.5. The van der Waals surface area contributed by atoms with E-state index in [-0.39, 0.29) is 4.88 Å². The summed E-state index contributed by atoms with van der Waals surface area (Å²) in [7, 11) is 0. The van der Waals surface area contributed by atoms with E-state index >= 15 is 0 Å². The molecule has 21 heavy (non-hydrogen) atoms. The largest absolute Gasteiger partial charge is 0.416 e. The molecule has 0 aliphatic carbocycles. The Balaban J connectivity index is 2.28. The number of hydrogen-bond donors (Lipinski definition) is 1. The molecule has 112 valence electrons. The molecule has 2 rings (SSSR count). The van der Waals surface area contributed by atoms with Gasteiger partial charge in [-0.15, -0.1) is 11.3 Å². The number of nitrogens with one attached hydrogen (secondary N) is 1. The molecule has 1 aromatic heterocycles. The maximum Gasteiger partial charge on any atom is 0.416 e. The molecule has 2 aromatic rings. The summed E-state index contributed by atoms with van der Waals surface area (Å²) in [5, 5.41) is 2.16. The van der Waals surface area contributed by atoms with Gasteiger partial charge in [0.05, 0.1) is 19.9 Å². The van der Waals surface area contributed by atoms with Crippen molar-refractivity contribution in [3.05, 3.63) is 49.9 Å². The Kier molecular flexibility index (Phi) is 4.38. The first-order valence-electron chi connectivity index (χ1n) is 5.62. The Hall–Kier alpha value is -1.41. The lowest BCUT2D eigenvalue weighted by Gasteiger charge is -2.10. The van der Waals surface area contributed by atoms with Crippen molar-refractivity contribution in [3.63, 3.8) is 0 Å². The molecule has 0 bridgehead atoms. The topological polar surface area (TPSA) is 29.1 Å². The molecule has 1 heterocycles. The summed E-state index contributed by atoms with van der Waals surface area (Å²) in [6.07, 6.45) is -4.60. The van der Waals surface area contributed by atoms with Crippen LogP contribution in [0.25, 0.3) is 0 Å². The number of hydrogen-bond acceptors (Lipinski definition) is 2. The highest BCUT2D eigenvalue weighted by Crippen LogP contribution is 2.32. The monoisotopic (exact) mass is 381 g/mol. The fraction of sp³-hybridized carbons (Fsp3) is 0.154. The predicted molar refractivity (Wildman–Crippen MR) is 76.1 cm³/mol. The molecular weight excluding hydrogens is 374 g/mol.